The summed E-state index contributed by atoms with van der Waals surface area (Å²) in [5.74, 6) is -1.68. The average molecular weight is 273 g/mol. The van der Waals surface area contributed by atoms with Crippen molar-refractivity contribution in [1.29, 1.82) is 0 Å². The number of carbonyl (C=O) groups is 3. The molecule has 2 amide bonds. The van der Waals surface area contributed by atoms with Crippen LogP contribution in [-0.2, 0) is 24.6 Å². The maximum atomic E-state index is 12.1. The van der Waals surface area contributed by atoms with Gasteiger partial charge in [0.2, 0.25) is 0 Å². The second-order valence-corrected chi connectivity index (χ2v) is 5.53. The van der Waals surface area contributed by atoms with E-state index in [9.17, 15) is 14.4 Å². The standard InChI is InChI=1S/C15H15NO4/c1-15(10-5-3-2-4-6-10)9-11(15)14(19)20-16-12(17)7-8-13(16)18/h2-6,11H,7-9H2,1H3/t11-,15+/m0/s1. The first kappa shape index (κ1) is 12.8. The lowest BCUT2D eigenvalue weighted by molar-refractivity contribution is -0.198. The van der Waals surface area contributed by atoms with Gasteiger partial charge in [0.15, 0.2) is 0 Å². The van der Waals surface area contributed by atoms with E-state index in [1.165, 1.54) is 0 Å². The highest BCUT2D eigenvalue weighted by Gasteiger charge is 2.57. The molecule has 0 radical (unpaired) electrons. The van der Waals surface area contributed by atoms with E-state index < -0.39 is 17.8 Å². The number of hydroxylamine groups is 2. The molecule has 1 saturated carbocycles. The highest BCUT2D eigenvalue weighted by Crippen LogP contribution is 2.54. The Morgan fingerprint density at radius 1 is 1.20 bits per heavy atom. The van der Waals surface area contributed by atoms with E-state index >= 15 is 0 Å². The van der Waals surface area contributed by atoms with Gasteiger partial charge in [0.1, 0.15) is 0 Å². The van der Waals surface area contributed by atoms with Gasteiger partial charge in [0.25, 0.3) is 11.8 Å². The summed E-state index contributed by atoms with van der Waals surface area (Å²) < 4.78 is 0. The van der Waals surface area contributed by atoms with Gasteiger partial charge in [-0.25, -0.2) is 4.79 Å². The van der Waals surface area contributed by atoms with Gasteiger partial charge in [-0.15, -0.1) is 5.06 Å². The predicted molar refractivity (Wildman–Crippen MR) is 69.1 cm³/mol. The monoisotopic (exact) mass is 273 g/mol. The van der Waals surface area contributed by atoms with Crippen molar-refractivity contribution < 1.29 is 19.2 Å². The fourth-order valence-corrected chi connectivity index (χ4v) is 2.66. The molecule has 5 heteroatoms. The topological polar surface area (TPSA) is 63.7 Å². The molecule has 3 rings (SSSR count). The SMILES string of the molecule is C[C@]1(c2ccccc2)C[C@H]1C(=O)ON1C(=O)CCC1=O. The summed E-state index contributed by atoms with van der Waals surface area (Å²) in [6, 6.07) is 9.71. The van der Waals surface area contributed by atoms with Crippen LogP contribution in [0, 0.1) is 5.92 Å². The molecule has 104 valence electrons. The number of nitrogens with zero attached hydrogens (tertiary/aromatic N) is 1. The minimum absolute atomic E-state index is 0.118. The zero-order chi connectivity index (χ0) is 14.3. The van der Waals surface area contributed by atoms with E-state index in [4.69, 9.17) is 4.84 Å². The van der Waals surface area contributed by atoms with Crippen molar-refractivity contribution in [2.24, 2.45) is 5.92 Å². The Balaban J connectivity index is 1.69. The van der Waals surface area contributed by atoms with E-state index in [0.717, 1.165) is 5.56 Å². The molecule has 20 heavy (non-hydrogen) atoms. The number of benzene rings is 1. The Bertz CT molecular complexity index is 567. The van der Waals surface area contributed by atoms with Crippen molar-refractivity contribution in [3.8, 4) is 0 Å². The highest BCUT2D eigenvalue weighted by atomic mass is 16.7. The molecular weight excluding hydrogens is 258 g/mol. The minimum Gasteiger partial charge on any atom is -0.330 e. The second-order valence-electron chi connectivity index (χ2n) is 5.53. The van der Waals surface area contributed by atoms with Crippen LogP contribution in [0.1, 0.15) is 31.7 Å². The Kier molecular flexibility index (Phi) is 2.85. The number of imide groups is 1. The van der Waals surface area contributed by atoms with Crippen LogP contribution in [0.15, 0.2) is 30.3 Å². The summed E-state index contributed by atoms with van der Waals surface area (Å²) in [5.41, 5.74) is 0.811. The van der Waals surface area contributed by atoms with Gasteiger partial charge in [-0.3, -0.25) is 9.59 Å². The van der Waals surface area contributed by atoms with Crippen molar-refractivity contribution in [2.75, 3.05) is 0 Å². The molecule has 0 bridgehead atoms. The van der Waals surface area contributed by atoms with E-state index in [0.29, 0.717) is 11.5 Å². The van der Waals surface area contributed by atoms with Crippen LogP contribution in [0.4, 0.5) is 0 Å². The van der Waals surface area contributed by atoms with E-state index in [-0.39, 0.29) is 24.2 Å². The third-order valence-electron chi connectivity index (χ3n) is 4.14. The third-order valence-corrected chi connectivity index (χ3v) is 4.14. The zero-order valence-electron chi connectivity index (χ0n) is 11.2. The first-order chi connectivity index (χ1) is 9.52. The normalized spacial score (nSPS) is 28.6. The van der Waals surface area contributed by atoms with Gasteiger partial charge in [-0.2, -0.15) is 0 Å². The van der Waals surface area contributed by atoms with Crippen molar-refractivity contribution in [3.05, 3.63) is 35.9 Å². The van der Waals surface area contributed by atoms with Crippen molar-refractivity contribution >= 4 is 17.8 Å². The summed E-state index contributed by atoms with van der Waals surface area (Å²) in [7, 11) is 0. The second kappa shape index (κ2) is 4.44. The fraction of sp³-hybridized carbons (Fsp3) is 0.400. The smallest absolute Gasteiger partial charge is 0.330 e. The van der Waals surface area contributed by atoms with Crippen LogP contribution < -0.4 is 0 Å². The Morgan fingerprint density at radius 3 is 2.40 bits per heavy atom. The Labute approximate surface area is 116 Å². The van der Waals surface area contributed by atoms with Crippen LogP contribution in [-0.4, -0.2) is 22.8 Å². The van der Waals surface area contributed by atoms with Gasteiger partial charge >= 0.3 is 5.97 Å². The van der Waals surface area contributed by atoms with Gasteiger partial charge in [-0.05, 0) is 12.0 Å². The Morgan fingerprint density at radius 2 is 1.80 bits per heavy atom. The quantitative estimate of drug-likeness (QED) is 0.784. The molecule has 1 heterocycles. The number of rotatable bonds is 3. The lowest BCUT2D eigenvalue weighted by atomic mass is 9.96. The van der Waals surface area contributed by atoms with Crippen molar-refractivity contribution in [2.45, 2.75) is 31.6 Å². The van der Waals surface area contributed by atoms with Crippen LogP contribution >= 0.6 is 0 Å². The molecule has 1 aromatic rings. The molecule has 0 aromatic heterocycles. The molecule has 0 unspecified atom stereocenters. The number of amides is 2. The van der Waals surface area contributed by atoms with Gasteiger partial charge in [0.05, 0.1) is 5.92 Å². The lowest BCUT2D eigenvalue weighted by Gasteiger charge is -2.15. The fourth-order valence-electron chi connectivity index (χ4n) is 2.66. The van der Waals surface area contributed by atoms with E-state index in [1.54, 1.807) is 0 Å². The molecule has 1 aliphatic heterocycles. The van der Waals surface area contributed by atoms with Crippen LogP contribution in [0.5, 0.6) is 0 Å². The summed E-state index contributed by atoms with van der Waals surface area (Å²) in [6.07, 6.45) is 0.908. The van der Waals surface area contributed by atoms with Gasteiger partial charge in [-0.1, -0.05) is 37.3 Å². The number of hydrogen-bond donors (Lipinski definition) is 0. The summed E-state index contributed by atoms with van der Waals surface area (Å²) in [5, 5.41) is 0.617. The summed E-state index contributed by atoms with van der Waals surface area (Å²) in [6.45, 7) is 1.99. The maximum Gasteiger partial charge on any atom is 0.337 e. The maximum absolute atomic E-state index is 12.1. The largest absolute Gasteiger partial charge is 0.337 e. The summed E-state index contributed by atoms with van der Waals surface area (Å²) in [4.78, 5) is 39.9. The van der Waals surface area contributed by atoms with Crippen molar-refractivity contribution in [3.63, 3.8) is 0 Å². The van der Waals surface area contributed by atoms with Gasteiger partial charge in [0, 0.05) is 18.3 Å². The van der Waals surface area contributed by atoms with Gasteiger partial charge < -0.3 is 4.84 Å². The lowest BCUT2D eigenvalue weighted by Crippen LogP contribution is -2.33. The first-order valence-electron chi connectivity index (χ1n) is 6.65. The van der Waals surface area contributed by atoms with Crippen LogP contribution in [0.25, 0.3) is 0 Å². The molecule has 2 fully saturated rings. The highest BCUT2D eigenvalue weighted by molar-refractivity contribution is 6.01. The van der Waals surface area contributed by atoms with Crippen molar-refractivity contribution in [1.82, 2.24) is 5.06 Å². The van der Waals surface area contributed by atoms with E-state index in [2.05, 4.69) is 0 Å². The van der Waals surface area contributed by atoms with Crippen LogP contribution in [0.2, 0.25) is 0 Å². The third kappa shape index (κ3) is 1.99. The molecule has 1 aliphatic carbocycles. The molecule has 1 saturated heterocycles. The molecule has 0 N–H and O–H groups in total. The molecule has 5 nitrogen and oxygen atoms in total. The molecule has 2 atom stereocenters. The minimum atomic E-state index is -0.500. The summed E-state index contributed by atoms with van der Waals surface area (Å²) >= 11 is 0. The molecule has 1 aromatic carbocycles. The molecule has 0 spiro atoms. The molecular formula is C15H15NO4. The number of hydrogen-bond acceptors (Lipinski definition) is 4. The Hall–Kier alpha value is -2.17. The predicted octanol–water partition coefficient (Wildman–Crippen LogP) is 1.57. The van der Waals surface area contributed by atoms with E-state index in [1.807, 2.05) is 37.3 Å². The first-order valence-corrected chi connectivity index (χ1v) is 6.65. The van der Waals surface area contributed by atoms with Crippen LogP contribution in [0.3, 0.4) is 0 Å². The average Bonchev–Trinajstić information content (AvgIpc) is 3.07. The number of carbonyl (C=O) groups excluding carboxylic acids is 3. The molecule has 2 aliphatic rings. The zero-order valence-corrected chi connectivity index (χ0v) is 11.2.